The predicted octanol–water partition coefficient (Wildman–Crippen LogP) is 5.15. The van der Waals surface area contributed by atoms with Crippen LogP contribution in [0, 0.1) is 20.8 Å². The molecular formula is C22H27NO2. The number of hydrogen-bond acceptors (Lipinski definition) is 3. The maximum absolute atomic E-state index is 5.42. The van der Waals surface area contributed by atoms with Crippen molar-refractivity contribution in [2.45, 2.75) is 40.2 Å². The molecule has 0 N–H and O–H groups in total. The molecule has 0 amide bonds. The highest BCUT2D eigenvalue weighted by Gasteiger charge is 2.15. The van der Waals surface area contributed by atoms with Crippen LogP contribution in [0.3, 0.4) is 0 Å². The molecule has 0 spiro atoms. The molecule has 0 radical (unpaired) electrons. The molecule has 3 nitrogen and oxygen atoms in total. The maximum Gasteiger partial charge on any atom is 0.154 e. The number of nitrogens with zero attached hydrogens (tertiary/aromatic N) is 1. The zero-order valence-electron chi connectivity index (χ0n) is 15.4. The van der Waals surface area contributed by atoms with Gasteiger partial charge in [0.25, 0.3) is 0 Å². The highest BCUT2D eigenvalue weighted by atomic mass is 17.2. The first-order chi connectivity index (χ1) is 12.1. The summed E-state index contributed by atoms with van der Waals surface area (Å²) in [4.78, 5) is 13.0. The summed E-state index contributed by atoms with van der Waals surface area (Å²) in [5.41, 5.74) is 7.93. The van der Waals surface area contributed by atoms with Gasteiger partial charge in [-0.3, -0.25) is 0 Å². The Morgan fingerprint density at radius 3 is 2.40 bits per heavy atom. The van der Waals surface area contributed by atoms with Gasteiger partial charge in [-0.15, -0.1) is 0 Å². The SMILES string of the molecule is Cc1cc(C)c(C2=CN(COOCc3ccccc3)CCC2)c(C)c1. The second kappa shape index (κ2) is 8.32. The highest BCUT2D eigenvalue weighted by molar-refractivity contribution is 5.71. The second-order valence-corrected chi connectivity index (χ2v) is 6.84. The van der Waals surface area contributed by atoms with E-state index in [1.807, 2.05) is 30.3 Å². The lowest BCUT2D eigenvalue weighted by molar-refractivity contribution is -0.320. The number of benzene rings is 2. The normalized spacial score (nSPS) is 14.5. The lowest BCUT2D eigenvalue weighted by atomic mass is 9.90. The topological polar surface area (TPSA) is 21.7 Å². The van der Waals surface area contributed by atoms with Crippen LogP contribution in [0.5, 0.6) is 0 Å². The summed E-state index contributed by atoms with van der Waals surface area (Å²) in [5.74, 6) is 0. The Morgan fingerprint density at radius 1 is 0.960 bits per heavy atom. The minimum Gasteiger partial charge on any atom is -0.352 e. The molecule has 0 saturated heterocycles. The molecule has 0 unspecified atom stereocenters. The van der Waals surface area contributed by atoms with E-state index in [4.69, 9.17) is 9.78 Å². The van der Waals surface area contributed by atoms with Crippen molar-refractivity contribution in [2.24, 2.45) is 0 Å². The quantitative estimate of drug-likeness (QED) is 0.413. The maximum atomic E-state index is 5.42. The molecule has 0 bridgehead atoms. The molecule has 0 aliphatic carbocycles. The summed E-state index contributed by atoms with van der Waals surface area (Å²) in [6.45, 7) is 8.50. The van der Waals surface area contributed by atoms with Crippen molar-refractivity contribution in [3.05, 3.63) is 76.5 Å². The Kier molecular flexibility index (Phi) is 5.90. The van der Waals surface area contributed by atoms with Crippen molar-refractivity contribution in [1.29, 1.82) is 0 Å². The molecule has 1 aliphatic heterocycles. The third-order valence-corrected chi connectivity index (χ3v) is 4.60. The van der Waals surface area contributed by atoms with Gasteiger partial charge in [-0.05, 0) is 61.4 Å². The third kappa shape index (κ3) is 4.71. The van der Waals surface area contributed by atoms with Crippen molar-refractivity contribution in [1.82, 2.24) is 4.90 Å². The molecule has 3 rings (SSSR count). The summed E-state index contributed by atoms with van der Waals surface area (Å²) in [6.07, 6.45) is 4.49. The summed E-state index contributed by atoms with van der Waals surface area (Å²) in [6, 6.07) is 14.6. The van der Waals surface area contributed by atoms with Gasteiger partial charge in [-0.2, -0.15) is 0 Å². The van der Waals surface area contributed by atoms with E-state index in [9.17, 15) is 0 Å². The first-order valence-electron chi connectivity index (χ1n) is 8.95. The van der Waals surface area contributed by atoms with Gasteiger partial charge in [0.2, 0.25) is 0 Å². The van der Waals surface area contributed by atoms with Crippen LogP contribution in [0.15, 0.2) is 48.7 Å². The van der Waals surface area contributed by atoms with Crippen LogP contribution in [0.2, 0.25) is 0 Å². The minimum atomic E-state index is 0.459. The highest BCUT2D eigenvalue weighted by Crippen LogP contribution is 2.30. The van der Waals surface area contributed by atoms with Gasteiger partial charge in [-0.25, -0.2) is 9.78 Å². The molecular weight excluding hydrogens is 310 g/mol. The molecule has 0 aromatic heterocycles. The van der Waals surface area contributed by atoms with E-state index in [-0.39, 0.29) is 0 Å². The molecule has 1 aliphatic rings. The van der Waals surface area contributed by atoms with Crippen molar-refractivity contribution >= 4 is 5.57 Å². The van der Waals surface area contributed by atoms with Crippen LogP contribution >= 0.6 is 0 Å². The Morgan fingerprint density at radius 2 is 1.68 bits per heavy atom. The molecule has 0 saturated carbocycles. The van der Waals surface area contributed by atoms with Gasteiger partial charge in [-0.1, -0.05) is 48.0 Å². The Bertz CT molecular complexity index is 714. The summed E-state index contributed by atoms with van der Waals surface area (Å²) in [7, 11) is 0. The van der Waals surface area contributed by atoms with Crippen molar-refractivity contribution in [3.63, 3.8) is 0 Å². The zero-order valence-corrected chi connectivity index (χ0v) is 15.4. The fourth-order valence-corrected chi connectivity index (χ4v) is 3.59. The minimum absolute atomic E-state index is 0.459. The van der Waals surface area contributed by atoms with Gasteiger partial charge in [0.05, 0.1) is 0 Å². The van der Waals surface area contributed by atoms with E-state index in [2.05, 4.69) is 44.0 Å². The van der Waals surface area contributed by atoms with E-state index >= 15 is 0 Å². The van der Waals surface area contributed by atoms with Crippen LogP contribution in [0.25, 0.3) is 5.57 Å². The van der Waals surface area contributed by atoms with Gasteiger partial charge in [0.1, 0.15) is 6.61 Å². The van der Waals surface area contributed by atoms with Crippen LogP contribution in [0.1, 0.15) is 40.7 Å². The van der Waals surface area contributed by atoms with E-state index < -0.39 is 0 Å². The summed E-state index contributed by atoms with van der Waals surface area (Å²) >= 11 is 0. The Hall–Kier alpha value is -2.10. The first-order valence-corrected chi connectivity index (χ1v) is 8.95. The number of aryl methyl sites for hydroxylation is 3. The van der Waals surface area contributed by atoms with Gasteiger partial charge in [0.15, 0.2) is 6.73 Å². The van der Waals surface area contributed by atoms with Crippen LogP contribution < -0.4 is 0 Å². The molecule has 0 atom stereocenters. The van der Waals surface area contributed by atoms with Crippen LogP contribution in [-0.4, -0.2) is 18.2 Å². The van der Waals surface area contributed by atoms with Crippen molar-refractivity contribution in [3.8, 4) is 0 Å². The summed E-state index contributed by atoms with van der Waals surface area (Å²) in [5, 5.41) is 0. The first kappa shape index (κ1) is 17.7. The van der Waals surface area contributed by atoms with Crippen molar-refractivity contribution < 1.29 is 9.78 Å². The molecule has 2 aromatic carbocycles. The molecule has 0 fully saturated rings. The number of rotatable bonds is 6. The van der Waals surface area contributed by atoms with Gasteiger partial charge < -0.3 is 4.90 Å². The van der Waals surface area contributed by atoms with E-state index in [0.717, 1.165) is 24.9 Å². The smallest absolute Gasteiger partial charge is 0.154 e. The molecule has 132 valence electrons. The number of hydrogen-bond donors (Lipinski definition) is 0. The fraction of sp³-hybridized carbons (Fsp3) is 0.364. The monoisotopic (exact) mass is 337 g/mol. The Labute approximate surface area is 150 Å². The molecule has 3 heteroatoms. The fourth-order valence-electron chi connectivity index (χ4n) is 3.59. The lowest BCUT2D eigenvalue weighted by Crippen LogP contribution is -2.25. The molecule has 25 heavy (non-hydrogen) atoms. The van der Waals surface area contributed by atoms with Gasteiger partial charge in [0, 0.05) is 12.7 Å². The average molecular weight is 337 g/mol. The van der Waals surface area contributed by atoms with E-state index in [1.54, 1.807) is 0 Å². The second-order valence-electron chi connectivity index (χ2n) is 6.84. The molecule has 1 heterocycles. The van der Waals surface area contributed by atoms with Crippen LogP contribution in [-0.2, 0) is 16.4 Å². The third-order valence-electron chi connectivity index (χ3n) is 4.60. The van der Waals surface area contributed by atoms with E-state index in [1.165, 1.54) is 27.8 Å². The average Bonchev–Trinajstić information content (AvgIpc) is 2.59. The summed E-state index contributed by atoms with van der Waals surface area (Å²) < 4.78 is 0. The Balaban J connectivity index is 1.59. The van der Waals surface area contributed by atoms with Gasteiger partial charge >= 0.3 is 0 Å². The predicted molar refractivity (Wildman–Crippen MR) is 102 cm³/mol. The lowest BCUT2D eigenvalue weighted by Gasteiger charge is -2.27. The molecule has 2 aromatic rings. The van der Waals surface area contributed by atoms with Crippen LogP contribution in [0.4, 0.5) is 0 Å². The standard InChI is InChI=1S/C22H27NO2/c1-17-12-18(2)22(19(3)13-17)21-10-7-11-23(14-21)16-25-24-15-20-8-5-4-6-9-20/h4-6,8-9,12-14H,7,10-11,15-16H2,1-3H3. The largest absolute Gasteiger partial charge is 0.352 e. The zero-order chi connectivity index (χ0) is 17.6. The van der Waals surface area contributed by atoms with E-state index in [0.29, 0.717) is 13.3 Å². The van der Waals surface area contributed by atoms with Crippen molar-refractivity contribution in [2.75, 3.05) is 13.3 Å². The number of allylic oxidation sites excluding steroid dienone is 1.